The van der Waals surface area contributed by atoms with Crippen molar-refractivity contribution >= 4 is 11.9 Å². The molecule has 1 N–H and O–H groups in total. The summed E-state index contributed by atoms with van der Waals surface area (Å²) in [6, 6.07) is 10.6. The first kappa shape index (κ1) is 20.9. The maximum Gasteiger partial charge on any atom is 0.308 e. The number of esters is 1. The number of carbonyl (C=O) groups is 1. The topological polar surface area (TPSA) is 64.1 Å². The van der Waals surface area contributed by atoms with Crippen molar-refractivity contribution in [2.24, 2.45) is 0 Å². The average Bonchev–Trinajstić information content (AvgIpc) is 2.64. The lowest BCUT2D eigenvalue weighted by atomic mass is 9.93. The third kappa shape index (κ3) is 6.05. The lowest BCUT2D eigenvalue weighted by Crippen LogP contribution is -2.17. The predicted molar refractivity (Wildman–Crippen MR) is 109 cm³/mol. The van der Waals surface area contributed by atoms with E-state index in [1.807, 2.05) is 26.8 Å². The summed E-state index contributed by atoms with van der Waals surface area (Å²) >= 11 is 0. The maximum absolute atomic E-state index is 11.4. The second-order valence-corrected chi connectivity index (χ2v) is 7.23. The molecule has 1 heterocycles. The van der Waals surface area contributed by atoms with Crippen molar-refractivity contribution in [1.82, 2.24) is 9.97 Å². The van der Waals surface area contributed by atoms with Crippen molar-refractivity contribution in [1.29, 1.82) is 0 Å². The number of anilines is 1. The predicted octanol–water partition coefficient (Wildman–Crippen LogP) is 5.22. The number of nitrogens with one attached hydrogen (secondary N) is 1. The van der Waals surface area contributed by atoms with Crippen LogP contribution in [0.1, 0.15) is 75.7 Å². The minimum Gasteiger partial charge on any atom is -0.423 e. The van der Waals surface area contributed by atoms with Gasteiger partial charge >= 0.3 is 5.97 Å². The zero-order chi connectivity index (χ0) is 19.8. The number of benzene rings is 1. The molecule has 0 saturated heterocycles. The van der Waals surface area contributed by atoms with Gasteiger partial charge in [0.2, 0.25) is 5.95 Å². The van der Waals surface area contributed by atoms with E-state index in [4.69, 9.17) is 4.74 Å². The fraction of sp³-hybridized carbons (Fsp3) is 0.500. The molecule has 2 aromatic rings. The smallest absolute Gasteiger partial charge is 0.308 e. The van der Waals surface area contributed by atoms with Crippen molar-refractivity contribution in [2.75, 3.05) is 11.9 Å². The van der Waals surface area contributed by atoms with Crippen LogP contribution in [0.25, 0.3) is 0 Å². The van der Waals surface area contributed by atoms with Gasteiger partial charge in [0.1, 0.15) is 0 Å². The van der Waals surface area contributed by atoms with Crippen LogP contribution in [0.2, 0.25) is 0 Å². The van der Waals surface area contributed by atoms with Crippen LogP contribution in [0.4, 0.5) is 5.95 Å². The molecule has 0 bridgehead atoms. The fourth-order valence-corrected chi connectivity index (χ4v) is 3.10. The van der Waals surface area contributed by atoms with Gasteiger partial charge in [0.05, 0.1) is 11.4 Å². The third-order valence-corrected chi connectivity index (χ3v) is 4.54. The van der Waals surface area contributed by atoms with Gasteiger partial charge in [0, 0.05) is 19.4 Å². The van der Waals surface area contributed by atoms with E-state index in [-0.39, 0.29) is 11.9 Å². The van der Waals surface area contributed by atoms with Crippen LogP contribution in [-0.4, -0.2) is 22.5 Å². The monoisotopic (exact) mass is 369 g/mol. The summed E-state index contributed by atoms with van der Waals surface area (Å²) in [4.78, 5) is 20.6. The minimum absolute atomic E-state index is 0.131. The molecule has 0 fully saturated rings. The molecule has 27 heavy (non-hydrogen) atoms. The molecule has 0 amide bonds. The molecule has 0 spiro atoms. The van der Waals surface area contributed by atoms with Gasteiger partial charge in [-0.3, -0.25) is 4.79 Å². The summed E-state index contributed by atoms with van der Waals surface area (Å²) in [5, 5.41) is 3.41. The first-order chi connectivity index (χ1) is 12.9. The second kappa shape index (κ2) is 10.0. The molecule has 2 rings (SSSR count). The Morgan fingerprint density at radius 1 is 1.19 bits per heavy atom. The van der Waals surface area contributed by atoms with E-state index in [9.17, 15) is 4.79 Å². The summed E-state index contributed by atoms with van der Waals surface area (Å²) in [5.74, 6) is 1.25. The number of carbonyl (C=O) groups excluding carboxylic acids is 1. The molecule has 1 aromatic carbocycles. The normalized spacial score (nSPS) is 12.1. The lowest BCUT2D eigenvalue weighted by Gasteiger charge is -2.19. The molecule has 146 valence electrons. The van der Waals surface area contributed by atoms with E-state index < -0.39 is 0 Å². The Morgan fingerprint density at radius 2 is 1.89 bits per heavy atom. The molecule has 5 heteroatoms. The zero-order valence-corrected chi connectivity index (χ0v) is 17.1. The van der Waals surface area contributed by atoms with Crippen LogP contribution in [-0.2, 0) is 4.79 Å². The molecule has 5 nitrogen and oxygen atoms in total. The lowest BCUT2D eigenvalue weighted by molar-refractivity contribution is -0.132. The number of aryl methyl sites for hydroxylation is 1. The molecule has 0 aliphatic rings. The van der Waals surface area contributed by atoms with E-state index in [0.29, 0.717) is 23.3 Å². The van der Waals surface area contributed by atoms with Gasteiger partial charge in [-0.2, -0.15) is 0 Å². The highest BCUT2D eigenvalue weighted by atomic mass is 16.5. The quantitative estimate of drug-likeness (QED) is 0.614. The number of hydrogen-bond donors (Lipinski definition) is 1. The van der Waals surface area contributed by atoms with Gasteiger partial charge in [0.15, 0.2) is 5.75 Å². The van der Waals surface area contributed by atoms with Crippen LogP contribution < -0.4 is 10.1 Å². The first-order valence-corrected chi connectivity index (χ1v) is 9.78. The number of unbranched alkanes of at least 4 members (excludes halogenated alkanes) is 1. The molecule has 1 unspecified atom stereocenters. The molecule has 1 aromatic heterocycles. The van der Waals surface area contributed by atoms with E-state index in [1.54, 1.807) is 0 Å². The molecule has 0 aliphatic heterocycles. The van der Waals surface area contributed by atoms with Gasteiger partial charge in [-0.15, -0.1) is 0 Å². The van der Waals surface area contributed by atoms with Crippen LogP contribution >= 0.6 is 0 Å². The summed E-state index contributed by atoms with van der Waals surface area (Å²) in [6.45, 7) is 10.3. The van der Waals surface area contributed by atoms with Gasteiger partial charge in [-0.05, 0) is 24.8 Å². The van der Waals surface area contributed by atoms with E-state index >= 15 is 0 Å². The Labute approximate surface area is 162 Å². The number of nitrogens with zero attached hydrogens (tertiary/aromatic N) is 2. The Bertz CT molecular complexity index is 745. The minimum atomic E-state index is -0.354. The molecule has 0 aliphatic carbocycles. The fourth-order valence-electron chi connectivity index (χ4n) is 3.10. The Hall–Kier alpha value is -2.43. The van der Waals surface area contributed by atoms with Crippen LogP contribution in [0.15, 0.2) is 30.3 Å². The number of aromatic nitrogens is 2. The van der Waals surface area contributed by atoms with Gasteiger partial charge in [0.25, 0.3) is 0 Å². The number of hydrogen-bond acceptors (Lipinski definition) is 5. The third-order valence-electron chi connectivity index (χ3n) is 4.54. The molecule has 0 saturated carbocycles. The van der Waals surface area contributed by atoms with Gasteiger partial charge < -0.3 is 10.1 Å². The SMILES string of the molecule is CCCCC(CNc1nc(C)c(OC(C)=O)c(C(C)C)n1)c1ccccc1. The molecular weight excluding hydrogens is 338 g/mol. The van der Waals surface area contributed by atoms with Crippen LogP contribution in [0.3, 0.4) is 0 Å². The Balaban J connectivity index is 2.20. The number of rotatable bonds is 9. The van der Waals surface area contributed by atoms with Crippen molar-refractivity contribution in [3.05, 3.63) is 47.3 Å². The van der Waals surface area contributed by atoms with Crippen molar-refractivity contribution in [3.63, 3.8) is 0 Å². The van der Waals surface area contributed by atoms with Crippen LogP contribution in [0.5, 0.6) is 5.75 Å². The summed E-state index contributed by atoms with van der Waals surface area (Å²) in [6.07, 6.45) is 3.48. The Kier molecular flexibility index (Phi) is 7.77. The van der Waals surface area contributed by atoms with E-state index in [1.165, 1.54) is 25.3 Å². The van der Waals surface area contributed by atoms with E-state index in [2.05, 4.69) is 46.5 Å². The van der Waals surface area contributed by atoms with Crippen molar-refractivity contribution in [3.8, 4) is 5.75 Å². The van der Waals surface area contributed by atoms with Crippen molar-refractivity contribution in [2.45, 2.75) is 65.7 Å². The maximum atomic E-state index is 11.4. The number of ether oxygens (including phenoxy) is 1. The highest BCUT2D eigenvalue weighted by Crippen LogP contribution is 2.29. The molecular formula is C22H31N3O2. The summed E-state index contributed by atoms with van der Waals surface area (Å²) < 4.78 is 5.35. The van der Waals surface area contributed by atoms with Gasteiger partial charge in [-0.25, -0.2) is 9.97 Å². The highest BCUT2D eigenvalue weighted by Gasteiger charge is 2.18. The van der Waals surface area contributed by atoms with E-state index in [0.717, 1.165) is 18.7 Å². The largest absolute Gasteiger partial charge is 0.423 e. The zero-order valence-electron chi connectivity index (χ0n) is 17.1. The second-order valence-electron chi connectivity index (χ2n) is 7.23. The first-order valence-electron chi connectivity index (χ1n) is 9.78. The van der Waals surface area contributed by atoms with Gasteiger partial charge in [-0.1, -0.05) is 63.9 Å². The molecule has 0 radical (unpaired) electrons. The summed E-state index contributed by atoms with van der Waals surface area (Å²) in [5.41, 5.74) is 2.76. The standard InChI is InChI=1S/C22H31N3O2/c1-6-7-11-19(18-12-9-8-10-13-18)14-23-22-24-16(4)21(27-17(5)26)20(25-22)15(2)3/h8-10,12-13,15,19H,6-7,11,14H2,1-5H3,(H,23,24,25). The van der Waals surface area contributed by atoms with Crippen molar-refractivity contribution < 1.29 is 9.53 Å². The van der Waals surface area contributed by atoms with Crippen LogP contribution in [0, 0.1) is 6.92 Å². The molecule has 1 atom stereocenters. The Morgan fingerprint density at radius 3 is 2.48 bits per heavy atom. The highest BCUT2D eigenvalue weighted by molar-refractivity contribution is 5.70. The average molecular weight is 370 g/mol. The summed E-state index contributed by atoms with van der Waals surface area (Å²) in [7, 11) is 0.